The molecule has 1 aliphatic heterocycles. The standard InChI is InChI=1S/C15H20Cl2N2O.ClH/c1-10(14-11(16)5-4-6-12(14)17)9-19-15(20)13-7-2-3-8-18-13;/h4-6,10,13,18H,2-3,7-9H2,1H3,(H,19,20);1H. The van der Waals surface area contributed by atoms with E-state index in [-0.39, 0.29) is 30.3 Å². The van der Waals surface area contributed by atoms with Crippen LogP contribution in [0.25, 0.3) is 0 Å². The van der Waals surface area contributed by atoms with E-state index in [9.17, 15) is 4.79 Å². The summed E-state index contributed by atoms with van der Waals surface area (Å²) in [4.78, 5) is 12.1. The van der Waals surface area contributed by atoms with E-state index in [0.717, 1.165) is 31.4 Å². The fourth-order valence-corrected chi connectivity index (χ4v) is 3.31. The Morgan fingerprint density at radius 3 is 2.62 bits per heavy atom. The number of halogens is 3. The van der Waals surface area contributed by atoms with Crippen molar-refractivity contribution in [2.24, 2.45) is 0 Å². The maximum absolute atomic E-state index is 12.1. The highest BCUT2D eigenvalue weighted by atomic mass is 35.5. The van der Waals surface area contributed by atoms with E-state index in [1.807, 2.05) is 25.1 Å². The zero-order valence-corrected chi connectivity index (χ0v) is 14.3. The molecule has 118 valence electrons. The number of rotatable bonds is 4. The van der Waals surface area contributed by atoms with Crippen LogP contribution in [0.3, 0.4) is 0 Å². The molecule has 6 heteroatoms. The molecule has 21 heavy (non-hydrogen) atoms. The second-order valence-corrected chi connectivity index (χ2v) is 6.10. The van der Waals surface area contributed by atoms with Crippen molar-refractivity contribution in [1.82, 2.24) is 10.6 Å². The lowest BCUT2D eigenvalue weighted by Gasteiger charge is -2.24. The van der Waals surface area contributed by atoms with Crippen molar-refractivity contribution in [3.63, 3.8) is 0 Å². The van der Waals surface area contributed by atoms with E-state index in [1.54, 1.807) is 0 Å². The van der Waals surface area contributed by atoms with Gasteiger partial charge in [0.2, 0.25) is 5.91 Å². The summed E-state index contributed by atoms with van der Waals surface area (Å²) in [6, 6.07) is 5.41. The molecule has 2 atom stereocenters. The van der Waals surface area contributed by atoms with E-state index in [0.29, 0.717) is 16.6 Å². The number of carbonyl (C=O) groups excluding carboxylic acids is 1. The van der Waals surface area contributed by atoms with Gasteiger partial charge in [-0.05, 0) is 37.1 Å². The minimum absolute atomic E-state index is 0. The van der Waals surface area contributed by atoms with E-state index in [4.69, 9.17) is 23.2 Å². The molecule has 1 aliphatic rings. The molecule has 0 aliphatic carbocycles. The maximum atomic E-state index is 12.1. The molecule has 0 spiro atoms. The summed E-state index contributed by atoms with van der Waals surface area (Å²) in [6.45, 7) is 3.48. The minimum atomic E-state index is -0.0577. The van der Waals surface area contributed by atoms with Crippen LogP contribution in [0.2, 0.25) is 10.0 Å². The SMILES string of the molecule is CC(CNC(=O)C1CCCCN1)c1c(Cl)cccc1Cl.Cl. The summed E-state index contributed by atoms with van der Waals surface area (Å²) in [5, 5.41) is 7.52. The number of nitrogens with one attached hydrogen (secondary N) is 2. The Bertz CT molecular complexity index is 456. The van der Waals surface area contributed by atoms with E-state index in [2.05, 4.69) is 10.6 Å². The molecule has 0 aromatic heterocycles. The first kappa shape index (κ1) is 18.6. The predicted octanol–water partition coefficient (Wildman–Crippen LogP) is 3.78. The van der Waals surface area contributed by atoms with Gasteiger partial charge in [-0.15, -0.1) is 12.4 Å². The zero-order valence-electron chi connectivity index (χ0n) is 12.0. The first-order valence-corrected chi connectivity index (χ1v) is 7.80. The zero-order chi connectivity index (χ0) is 14.5. The van der Waals surface area contributed by atoms with E-state index in [1.165, 1.54) is 0 Å². The second-order valence-electron chi connectivity index (χ2n) is 5.28. The number of benzene rings is 1. The highest BCUT2D eigenvalue weighted by Crippen LogP contribution is 2.30. The van der Waals surface area contributed by atoms with Crippen molar-refractivity contribution >= 4 is 41.5 Å². The first-order chi connectivity index (χ1) is 9.59. The highest BCUT2D eigenvalue weighted by molar-refractivity contribution is 6.36. The smallest absolute Gasteiger partial charge is 0.237 e. The Kier molecular flexibility index (Phi) is 7.82. The number of hydrogen-bond acceptors (Lipinski definition) is 2. The third kappa shape index (κ3) is 5.03. The van der Waals surface area contributed by atoms with Crippen molar-refractivity contribution in [2.45, 2.75) is 38.1 Å². The van der Waals surface area contributed by atoms with Gasteiger partial charge in [-0.1, -0.05) is 42.6 Å². The van der Waals surface area contributed by atoms with Crippen molar-refractivity contribution in [2.75, 3.05) is 13.1 Å². The maximum Gasteiger partial charge on any atom is 0.237 e. The Balaban J connectivity index is 0.00000220. The monoisotopic (exact) mass is 350 g/mol. The molecule has 1 heterocycles. The molecule has 1 fully saturated rings. The van der Waals surface area contributed by atoms with Crippen LogP contribution < -0.4 is 10.6 Å². The Labute approximate surface area is 142 Å². The van der Waals surface area contributed by atoms with Crippen molar-refractivity contribution in [3.8, 4) is 0 Å². The summed E-state index contributed by atoms with van der Waals surface area (Å²) >= 11 is 12.4. The molecule has 2 rings (SSSR count). The summed E-state index contributed by atoms with van der Waals surface area (Å²) in [7, 11) is 0. The van der Waals surface area contributed by atoms with Gasteiger partial charge >= 0.3 is 0 Å². The molecular weight excluding hydrogens is 331 g/mol. The molecule has 0 bridgehead atoms. The average molecular weight is 352 g/mol. The minimum Gasteiger partial charge on any atom is -0.354 e. The lowest BCUT2D eigenvalue weighted by atomic mass is 10.00. The molecule has 1 saturated heterocycles. The number of piperidine rings is 1. The third-order valence-corrected chi connectivity index (χ3v) is 4.36. The van der Waals surface area contributed by atoms with Crippen molar-refractivity contribution in [3.05, 3.63) is 33.8 Å². The van der Waals surface area contributed by atoms with Crippen LogP contribution in [0.5, 0.6) is 0 Å². The van der Waals surface area contributed by atoms with Crippen LogP contribution in [0.1, 0.15) is 37.7 Å². The van der Waals surface area contributed by atoms with Gasteiger partial charge in [-0.2, -0.15) is 0 Å². The van der Waals surface area contributed by atoms with Gasteiger partial charge in [0.1, 0.15) is 0 Å². The molecule has 0 saturated carbocycles. The van der Waals surface area contributed by atoms with Gasteiger partial charge in [-0.25, -0.2) is 0 Å². The highest BCUT2D eigenvalue weighted by Gasteiger charge is 2.21. The van der Waals surface area contributed by atoms with Crippen LogP contribution in [0.4, 0.5) is 0 Å². The van der Waals surface area contributed by atoms with Gasteiger partial charge in [0.05, 0.1) is 6.04 Å². The summed E-state index contributed by atoms with van der Waals surface area (Å²) in [6.07, 6.45) is 3.17. The fourth-order valence-electron chi connectivity index (χ4n) is 2.54. The second kappa shape index (κ2) is 8.84. The lowest BCUT2D eigenvalue weighted by molar-refractivity contribution is -0.123. The Morgan fingerprint density at radius 1 is 1.38 bits per heavy atom. The van der Waals surface area contributed by atoms with Crippen molar-refractivity contribution in [1.29, 1.82) is 0 Å². The third-order valence-electron chi connectivity index (χ3n) is 3.70. The normalized spacial score (nSPS) is 19.5. The van der Waals surface area contributed by atoms with Crippen LogP contribution in [0.15, 0.2) is 18.2 Å². The van der Waals surface area contributed by atoms with E-state index >= 15 is 0 Å². The predicted molar refractivity (Wildman–Crippen MR) is 90.8 cm³/mol. The fraction of sp³-hybridized carbons (Fsp3) is 0.533. The summed E-state index contributed by atoms with van der Waals surface area (Å²) in [5.41, 5.74) is 0.896. The molecule has 1 amide bonds. The molecule has 2 unspecified atom stereocenters. The van der Waals surface area contributed by atoms with Gasteiger partial charge in [0.25, 0.3) is 0 Å². The van der Waals surface area contributed by atoms with Crippen LogP contribution in [-0.4, -0.2) is 25.0 Å². The van der Waals surface area contributed by atoms with Gasteiger partial charge in [0, 0.05) is 22.5 Å². The average Bonchev–Trinajstić information content (AvgIpc) is 2.45. The molecule has 2 N–H and O–H groups in total. The molecule has 3 nitrogen and oxygen atoms in total. The number of amides is 1. The number of hydrogen-bond donors (Lipinski definition) is 2. The molecule has 1 aromatic carbocycles. The number of carbonyl (C=O) groups is 1. The topological polar surface area (TPSA) is 41.1 Å². The van der Waals surface area contributed by atoms with E-state index < -0.39 is 0 Å². The van der Waals surface area contributed by atoms with Gasteiger partial charge < -0.3 is 10.6 Å². The summed E-state index contributed by atoms with van der Waals surface area (Å²) in [5.74, 6) is 0.156. The lowest BCUT2D eigenvalue weighted by Crippen LogP contribution is -2.47. The van der Waals surface area contributed by atoms with Gasteiger partial charge in [0.15, 0.2) is 0 Å². The largest absolute Gasteiger partial charge is 0.354 e. The van der Waals surface area contributed by atoms with Crippen LogP contribution in [-0.2, 0) is 4.79 Å². The molecular formula is C15H21Cl3N2O. The quantitative estimate of drug-likeness (QED) is 0.867. The van der Waals surface area contributed by atoms with Crippen LogP contribution >= 0.6 is 35.6 Å². The molecule has 0 radical (unpaired) electrons. The Hall–Kier alpha value is -0.480. The summed E-state index contributed by atoms with van der Waals surface area (Å²) < 4.78 is 0. The Morgan fingerprint density at radius 2 is 2.05 bits per heavy atom. The van der Waals surface area contributed by atoms with Crippen molar-refractivity contribution < 1.29 is 4.79 Å². The van der Waals surface area contributed by atoms with Gasteiger partial charge in [-0.3, -0.25) is 4.79 Å². The van der Waals surface area contributed by atoms with Crippen LogP contribution in [0, 0.1) is 0 Å². The molecule has 1 aromatic rings. The first-order valence-electron chi connectivity index (χ1n) is 7.04.